The van der Waals surface area contributed by atoms with Gasteiger partial charge in [-0.05, 0) is 150 Å². The average Bonchev–Trinajstić information content (AvgIpc) is 0.791. The van der Waals surface area contributed by atoms with Gasteiger partial charge in [0.2, 0.25) is 0 Å². The van der Waals surface area contributed by atoms with Gasteiger partial charge in [-0.2, -0.15) is 0 Å². The molecule has 24 heteroatoms. The highest BCUT2D eigenvalue weighted by atomic mass is 19.1. The first-order chi connectivity index (χ1) is 50.7. The molecule has 3 atom stereocenters. The van der Waals surface area contributed by atoms with E-state index < -0.39 is 18.3 Å². The van der Waals surface area contributed by atoms with E-state index in [1.165, 1.54) is 36.4 Å². The lowest BCUT2D eigenvalue weighted by Gasteiger charge is -2.28. The lowest BCUT2D eigenvalue weighted by molar-refractivity contribution is 0.0944. The monoisotopic (exact) mass is 1440 g/mol. The quantitative estimate of drug-likeness (QED) is 0.0406. The van der Waals surface area contributed by atoms with Gasteiger partial charge < -0.3 is 59.1 Å². The van der Waals surface area contributed by atoms with Crippen molar-refractivity contribution in [1.29, 1.82) is 0 Å². The Bertz CT molecular complexity index is 3930. The molecule has 0 bridgehead atoms. The van der Waals surface area contributed by atoms with Crippen LogP contribution in [-0.2, 0) is 14.2 Å². The van der Waals surface area contributed by atoms with Gasteiger partial charge in [0.1, 0.15) is 70.5 Å². The van der Waals surface area contributed by atoms with Crippen molar-refractivity contribution in [3.63, 3.8) is 0 Å². The number of fused-ring (bicyclic) bond motifs is 3. The Morgan fingerprint density at radius 3 is 0.914 bits per heavy atom. The first kappa shape index (κ1) is 77.8. The Hall–Kier alpha value is -9.78. The van der Waals surface area contributed by atoms with Crippen LogP contribution in [0.3, 0.4) is 0 Å². The van der Waals surface area contributed by atoms with Gasteiger partial charge in [0.05, 0.1) is 91.3 Å². The summed E-state index contributed by atoms with van der Waals surface area (Å²) in [5.41, 5.74) is 7.49. The van der Waals surface area contributed by atoms with E-state index in [-0.39, 0.29) is 35.2 Å². The van der Waals surface area contributed by atoms with Crippen molar-refractivity contribution >= 4 is 68.3 Å². The molecule has 3 unspecified atom stereocenters. The number of hydrogen-bond acceptors (Lipinski definition) is 18. The Labute approximate surface area is 613 Å². The molecule has 0 spiro atoms. The Kier molecular flexibility index (Phi) is 28.4. The Balaban J connectivity index is 0.000000169. The summed E-state index contributed by atoms with van der Waals surface area (Å²) in [6.45, 7) is 28.7. The predicted octanol–water partition coefficient (Wildman–Crippen LogP) is 14.7. The van der Waals surface area contributed by atoms with Crippen LogP contribution >= 0.6 is 0 Å². The second-order valence-corrected chi connectivity index (χ2v) is 27.8. The number of halogens is 3. The molecule has 9 aromatic rings. The van der Waals surface area contributed by atoms with Crippen molar-refractivity contribution in [3.8, 4) is 17.2 Å². The van der Waals surface area contributed by atoms with Crippen LogP contribution < -0.4 is 44.9 Å². The summed E-state index contributed by atoms with van der Waals surface area (Å²) in [4.78, 5) is 73.9. The lowest BCUT2D eigenvalue weighted by atomic mass is 10.0. The second-order valence-electron chi connectivity index (χ2n) is 27.8. The van der Waals surface area contributed by atoms with Crippen molar-refractivity contribution in [2.24, 2.45) is 17.8 Å². The van der Waals surface area contributed by atoms with Gasteiger partial charge >= 0.3 is 0 Å². The van der Waals surface area contributed by atoms with Crippen LogP contribution in [0.1, 0.15) is 167 Å². The molecular formula is C81H99F3N12O9. The molecule has 21 nitrogen and oxygen atoms in total. The molecule has 558 valence electrons. The van der Waals surface area contributed by atoms with Crippen LogP contribution in [0.5, 0.6) is 17.2 Å². The summed E-state index contributed by atoms with van der Waals surface area (Å²) in [6.07, 6.45) is 9.68. The number of nitrogens with one attached hydrogen (secondary N) is 3. The molecule has 6 aromatic carbocycles. The largest absolute Gasteiger partial charge is 0.486 e. The van der Waals surface area contributed by atoms with Gasteiger partial charge in [0.15, 0.2) is 0 Å². The van der Waals surface area contributed by atoms with E-state index >= 15 is 0 Å². The molecule has 3 amide bonds. The molecule has 3 saturated heterocycles. The number of amides is 3. The molecule has 12 rings (SSSR count). The van der Waals surface area contributed by atoms with Crippen molar-refractivity contribution in [3.05, 3.63) is 179 Å². The standard InChI is InChI=1S/3C27H33FN4O3/c3*1-18(2)6-5-9-29-27(33)20-14-23(19(3)35-22-8-4-7-21(28)16-22)26-24(15-20)30-17-25(31-26)32-10-12-34-13-11-32/h3*4,7-8,14-19H,5-6,9-13H2,1-3H3,(H,29,33). The highest BCUT2D eigenvalue weighted by Gasteiger charge is 2.25. The third kappa shape index (κ3) is 22.6. The first-order valence-corrected chi connectivity index (χ1v) is 36.7. The number of carbonyl (C=O) groups excluding carboxylic acids is 3. The minimum Gasteiger partial charge on any atom is -0.486 e. The zero-order chi connectivity index (χ0) is 74.4. The number of benzene rings is 6. The van der Waals surface area contributed by atoms with E-state index in [1.807, 2.05) is 39.0 Å². The number of anilines is 3. The summed E-state index contributed by atoms with van der Waals surface area (Å²) < 4.78 is 75.7. The molecule has 3 aliphatic rings. The zero-order valence-electron chi connectivity index (χ0n) is 61.8. The maximum absolute atomic E-state index is 13.7. The molecule has 6 heterocycles. The highest BCUT2D eigenvalue weighted by molar-refractivity contribution is 6.00. The molecule has 0 aliphatic carbocycles. The van der Waals surface area contributed by atoms with Crippen LogP contribution in [-0.4, -0.2) is 146 Å². The molecular weight excluding hydrogens is 1340 g/mol. The molecule has 3 aromatic heterocycles. The van der Waals surface area contributed by atoms with Gasteiger partial charge in [0, 0.05) is 110 Å². The summed E-state index contributed by atoms with van der Waals surface area (Å²) >= 11 is 0. The number of rotatable bonds is 27. The second kappa shape index (κ2) is 38.3. The molecule has 0 saturated carbocycles. The number of morpholine rings is 3. The van der Waals surface area contributed by atoms with Gasteiger partial charge in [-0.3, -0.25) is 29.3 Å². The average molecular weight is 1440 g/mol. The SMILES string of the molecule is CC(C)CCCNC(=O)c1cc(C(C)Oc2cccc(F)c2)c2nc(N3CCOCC3)cnc2c1.CC(C)CCCNC(=O)c1cc(C(C)Oc2cccc(F)c2)c2nc(N3CCOCC3)cnc2c1.CC(C)CCCNC(=O)c1cc(C(C)Oc2cccc(F)c2)c2nc(N3CCOCC3)cnc2c1. The van der Waals surface area contributed by atoms with Crippen LogP contribution in [0.4, 0.5) is 30.6 Å². The fourth-order valence-corrected chi connectivity index (χ4v) is 12.4. The topological polar surface area (TPSA) is 230 Å². The van der Waals surface area contributed by atoms with E-state index in [0.29, 0.717) is 144 Å². The summed E-state index contributed by atoms with van der Waals surface area (Å²) in [7, 11) is 0. The summed E-state index contributed by atoms with van der Waals surface area (Å²) in [6, 6.07) is 28.8. The number of carbonyl (C=O) groups is 3. The normalized spacial score (nSPS) is 14.8. The predicted molar refractivity (Wildman–Crippen MR) is 403 cm³/mol. The summed E-state index contributed by atoms with van der Waals surface area (Å²) in [5.74, 6) is 3.68. The fourth-order valence-electron chi connectivity index (χ4n) is 12.4. The van der Waals surface area contributed by atoms with E-state index in [0.717, 1.165) is 112 Å². The van der Waals surface area contributed by atoms with Crippen molar-refractivity contribution < 1.29 is 56.0 Å². The maximum atomic E-state index is 13.7. The third-order valence-electron chi connectivity index (χ3n) is 18.2. The lowest BCUT2D eigenvalue weighted by Crippen LogP contribution is -2.36. The first-order valence-electron chi connectivity index (χ1n) is 36.7. The van der Waals surface area contributed by atoms with Crippen LogP contribution in [0, 0.1) is 35.2 Å². The van der Waals surface area contributed by atoms with Crippen LogP contribution in [0.2, 0.25) is 0 Å². The Morgan fingerprint density at radius 1 is 0.400 bits per heavy atom. The zero-order valence-corrected chi connectivity index (χ0v) is 61.8. The van der Waals surface area contributed by atoms with E-state index in [4.69, 9.17) is 43.4 Å². The molecule has 3 fully saturated rings. The smallest absolute Gasteiger partial charge is 0.251 e. The van der Waals surface area contributed by atoms with Crippen LogP contribution in [0.15, 0.2) is 128 Å². The van der Waals surface area contributed by atoms with Gasteiger partial charge in [0.25, 0.3) is 17.7 Å². The van der Waals surface area contributed by atoms with Gasteiger partial charge in [-0.1, -0.05) is 59.7 Å². The van der Waals surface area contributed by atoms with E-state index in [9.17, 15) is 27.6 Å². The number of ether oxygens (including phenoxy) is 6. The van der Waals surface area contributed by atoms with Crippen LogP contribution in [0.25, 0.3) is 33.1 Å². The maximum Gasteiger partial charge on any atom is 0.251 e. The summed E-state index contributed by atoms with van der Waals surface area (Å²) in [5, 5.41) is 9.02. The Morgan fingerprint density at radius 2 is 0.667 bits per heavy atom. The van der Waals surface area contributed by atoms with Crippen molar-refractivity contribution in [1.82, 2.24) is 45.9 Å². The number of aromatic nitrogens is 6. The van der Waals surface area contributed by atoms with Gasteiger partial charge in [-0.25, -0.2) is 28.1 Å². The minimum atomic E-state index is -0.484. The number of hydrogen-bond donors (Lipinski definition) is 3. The minimum absolute atomic E-state index is 0.158. The third-order valence-corrected chi connectivity index (χ3v) is 18.2. The molecule has 105 heavy (non-hydrogen) atoms. The van der Waals surface area contributed by atoms with E-state index in [1.54, 1.807) is 73.2 Å². The number of nitrogens with zero attached hydrogens (tertiary/aromatic N) is 9. The molecule has 3 aliphatic heterocycles. The van der Waals surface area contributed by atoms with Gasteiger partial charge in [-0.15, -0.1) is 0 Å². The van der Waals surface area contributed by atoms with Crippen molar-refractivity contribution in [2.45, 2.75) is 119 Å². The molecule has 3 N–H and O–H groups in total. The molecule has 0 radical (unpaired) electrons. The fraction of sp³-hybridized carbons (Fsp3) is 0.444. The highest BCUT2D eigenvalue weighted by Crippen LogP contribution is 2.34. The van der Waals surface area contributed by atoms with Crippen molar-refractivity contribution in [2.75, 3.05) is 113 Å². The van der Waals surface area contributed by atoms with E-state index in [2.05, 4.69) is 87.1 Å².